The van der Waals surface area contributed by atoms with Gasteiger partial charge in [0.05, 0.1) is 6.54 Å². The van der Waals surface area contributed by atoms with Gasteiger partial charge in [0.15, 0.2) is 0 Å². The van der Waals surface area contributed by atoms with E-state index in [-0.39, 0.29) is 5.91 Å². The quantitative estimate of drug-likeness (QED) is 0.526. The number of hydrogen-bond acceptors (Lipinski definition) is 3. The van der Waals surface area contributed by atoms with Crippen LogP contribution >= 0.6 is 11.3 Å². The van der Waals surface area contributed by atoms with Crippen LogP contribution in [0.3, 0.4) is 0 Å². The lowest BCUT2D eigenvalue weighted by atomic mass is 10.1. The van der Waals surface area contributed by atoms with Crippen molar-refractivity contribution in [3.05, 3.63) is 64.9 Å². The van der Waals surface area contributed by atoms with E-state index in [0.717, 1.165) is 12.2 Å². The number of para-hydroxylation sites is 1. The van der Waals surface area contributed by atoms with Crippen molar-refractivity contribution in [2.24, 2.45) is 0 Å². The van der Waals surface area contributed by atoms with E-state index in [4.69, 9.17) is 0 Å². The average Bonchev–Trinajstić information content (AvgIpc) is 3.27. The molecule has 0 bridgehead atoms. The van der Waals surface area contributed by atoms with Crippen molar-refractivity contribution in [1.82, 2.24) is 9.88 Å². The first-order valence-corrected chi connectivity index (χ1v) is 9.68. The Labute approximate surface area is 156 Å². The van der Waals surface area contributed by atoms with Gasteiger partial charge in [0.1, 0.15) is 0 Å². The Morgan fingerprint density at radius 1 is 1.04 bits per heavy atom. The lowest BCUT2D eigenvalue weighted by Gasteiger charge is -2.07. The fraction of sp³-hybridized carbons (Fsp3) is 0.190. The first kappa shape index (κ1) is 16.8. The van der Waals surface area contributed by atoms with Crippen molar-refractivity contribution < 1.29 is 4.79 Å². The third kappa shape index (κ3) is 3.23. The molecule has 26 heavy (non-hydrogen) atoms. The summed E-state index contributed by atoms with van der Waals surface area (Å²) in [7, 11) is 0. The van der Waals surface area contributed by atoms with Crippen LogP contribution in [0.2, 0.25) is 0 Å². The van der Waals surface area contributed by atoms with Gasteiger partial charge in [-0.15, -0.1) is 11.3 Å². The molecule has 5 heteroatoms. The smallest absolute Gasteiger partial charge is 0.238 e. The zero-order chi connectivity index (χ0) is 17.9. The fourth-order valence-corrected chi connectivity index (χ4v) is 4.06. The summed E-state index contributed by atoms with van der Waals surface area (Å²) in [6, 6.07) is 18.6. The number of rotatable bonds is 6. The monoisotopic (exact) mass is 363 g/mol. The second kappa shape index (κ2) is 7.32. The fourth-order valence-electron chi connectivity index (χ4n) is 3.39. The molecule has 2 aromatic heterocycles. The number of aryl methyl sites for hydroxylation is 1. The van der Waals surface area contributed by atoms with Gasteiger partial charge in [0, 0.05) is 45.5 Å². The molecule has 2 aromatic carbocycles. The topological polar surface area (TPSA) is 46.1 Å². The highest BCUT2D eigenvalue weighted by molar-refractivity contribution is 7.09. The maximum Gasteiger partial charge on any atom is 0.238 e. The summed E-state index contributed by atoms with van der Waals surface area (Å²) in [6.07, 6.45) is 0. The number of aromatic nitrogens is 1. The Morgan fingerprint density at radius 2 is 1.88 bits per heavy atom. The number of amides is 1. The van der Waals surface area contributed by atoms with Gasteiger partial charge < -0.3 is 15.2 Å². The number of thiophene rings is 1. The molecule has 0 saturated carbocycles. The molecule has 132 valence electrons. The van der Waals surface area contributed by atoms with Crippen molar-refractivity contribution in [1.29, 1.82) is 0 Å². The Bertz CT molecular complexity index is 1050. The van der Waals surface area contributed by atoms with Gasteiger partial charge in [-0.3, -0.25) is 4.79 Å². The molecule has 0 atom stereocenters. The summed E-state index contributed by atoms with van der Waals surface area (Å²) in [5.74, 6) is -0.0277. The Morgan fingerprint density at radius 3 is 2.69 bits per heavy atom. The molecule has 0 unspecified atom stereocenters. The molecule has 4 aromatic rings. The SMILES string of the molecule is CCn1c2ccccc2c2cc(NC(=O)CNCc3cccs3)ccc21. The number of fused-ring (bicyclic) bond motifs is 3. The molecular formula is C21H21N3OS. The number of anilines is 1. The summed E-state index contributed by atoms with van der Waals surface area (Å²) in [6.45, 7) is 4.09. The molecule has 0 saturated heterocycles. The van der Waals surface area contributed by atoms with Crippen LogP contribution in [0, 0.1) is 0 Å². The summed E-state index contributed by atoms with van der Waals surface area (Å²) in [5, 5.41) is 10.6. The van der Waals surface area contributed by atoms with Crippen LogP contribution < -0.4 is 10.6 Å². The summed E-state index contributed by atoms with van der Waals surface area (Å²) in [4.78, 5) is 13.5. The predicted molar refractivity (Wildman–Crippen MR) is 110 cm³/mol. The first-order chi connectivity index (χ1) is 12.8. The van der Waals surface area contributed by atoms with Crippen molar-refractivity contribution in [3.63, 3.8) is 0 Å². The third-order valence-corrected chi connectivity index (χ3v) is 5.41. The number of nitrogens with one attached hydrogen (secondary N) is 2. The molecule has 0 aliphatic carbocycles. The lowest BCUT2D eigenvalue weighted by molar-refractivity contribution is -0.115. The van der Waals surface area contributed by atoms with E-state index in [9.17, 15) is 4.79 Å². The minimum Gasteiger partial charge on any atom is -0.341 e. The minimum atomic E-state index is -0.0277. The Balaban J connectivity index is 1.52. The largest absolute Gasteiger partial charge is 0.341 e. The molecule has 0 aliphatic rings. The number of carbonyl (C=O) groups is 1. The van der Waals surface area contributed by atoms with Crippen molar-refractivity contribution >= 4 is 44.7 Å². The number of nitrogens with zero attached hydrogens (tertiary/aromatic N) is 1. The number of benzene rings is 2. The summed E-state index contributed by atoms with van der Waals surface area (Å²) < 4.78 is 2.30. The highest BCUT2D eigenvalue weighted by Gasteiger charge is 2.10. The second-order valence-corrected chi connectivity index (χ2v) is 7.26. The zero-order valence-corrected chi connectivity index (χ0v) is 15.5. The maximum absolute atomic E-state index is 12.2. The highest BCUT2D eigenvalue weighted by atomic mass is 32.1. The molecule has 4 nitrogen and oxygen atoms in total. The number of hydrogen-bond donors (Lipinski definition) is 2. The van der Waals surface area contributed by atoms with Crippen LogP contribution in [-0.2, 0) is 17.9 Å². The standard InChI is InChI=1S/C21H21N3OS/c1-2-24-19-8-4-3-7-17(19)18-12-15(9-10-20(18)24)23-21(25)14-22-13-16-6-5-11-26-16/h3-12,22H,2,13-14H2,1H3,(H,23,25). The minimum absolute atomic E-state index is 0.0277. The predicted octanol–water partition coefficient (Wildman–Crippen LogP) is 4.60. The maximum atomic E-state index is 12.2. The van der Waals surface area contributed by atoms with E-state index in [0.29, 0.717) is 13.1 Å². The van der Waals surface area contributed by atoms with Gasteiger partial charge in [-0.1, -0.05) is 24.3 Å². The number of carbonyl (C=O) groups excluding carboxylic acids is 1. The van der Waals surface area contributed by atoms with E-state index in [1.54, 1.807) is 11.3 Å². The van der Waals surface area contributed by atoms with Crippen LogP contribution in [0.15, 0.2) is 60.0 Å². The molecule has 2 N–H and O–H groups in total. The lowest BCUT2D eigenvalue weighted by Crippen LogP contribution is -2.27. The van der Waals surface area contributed by atoms with E-state index >= 15 is 0 Å². The summed E-state index contributed by atoms with van der Waals surface area (Å²) >= 11 is 1.69. The van der Waals surface area contributed by atoms with Gasteiger partial charge >= 0.3 is 0 Å². The Kier molecular flexibility index (Phi) is 4.73. The van der Waals surface area contributed by atoms with E-state index in [1.807, 2.05) is 17.5 Å². The molecule has 4 rings (SSSR count). The molecule has 2 heterocycles. The molecule has 0 aliphatic heterocycles. The van der Waals surface area contributed by atoms with Gasteiger partial charge in [-0.25, -0.2) is 0 Å². The van der Waals surface area contributed by atoms with Crippen molar-refractivity contribution in [2.45, 2.75) is 20.0 Å². The van der Waals surface area contributed by atoms with Gasteiger partial charge in [0.2, 0.25) is 5.91 Å². The highest BCUT2D eigenvalue weighted by Crippen LogP contribution is 2.30. The van der Waals surface area contributed by atoms with Crippen LogP contribution in [0.4, 0.5) is 5.69 Å². The third-order valence-electron chi connectivity index (χ3n) is 4.54. The summed E-state index contributed by atoms with van der Waals surface area (Å²) in [5.41, 5.74) is 3.26. The normalized spacial score (nSPS) is 11.3. The molecule has 0 radical (unpaired) electrons. The van der Waals surface area contributed by atoms with Gasteiger partial charge in [0.25, 0.3) is 0 Å². The molecule has 0 fully saturated rings. The van der Waals surface area contributed by atoms with Gasteiger partial charge in [-0.05, 0) is 42.6 Å². The van der Waals surface area contributed by atoms with E-state index in [1.165, 1.54) is 26.7 Å². The molecular weight excluding hydrogens is 342 g/mol. The second-order valence-electron chi connectivity index (χ2n) is 6.22. The van der Waals surface area contributed by atoms with Crippen LogP contribution in [0.25, 0.3) is 21.8 Å². The van der Waals surface area contributed by atoms with E-state index in [2.05, 4.69) is 64.6 Å². The first-order valence-electron chi connectivity index (χ1n) is 8.80. The molecule has 1 amide bonds. The van der Waals surface area contributed by atoms with Crippen LogP contribution in [0.5, 0.6) is 0 Å². The van der Waals surface area contributed by atoms with E-state index < -0.39 is 0 Å². The average molecular weight is 363 g/mol. The Hall–Kier alpha value is -2.63. The van der Waals surface area contributed by atoms with Crippen molar-refractivity contribution in [2.75, 3.05) is 11.9 Å². The van der Waals surface area contributed by atoms with Gasteiger partial charge in [-0.2, -0.15) is 0 Å². The molecule has 0 spiro atoms. The van der Waals surface area contributed by atoms with Crippen LogP contribution in [0.1, 0.15) is 11.8 Å². The van der Waals surface area contributed by atoms with Crippen LogP contribution in [-0.4, -0.2) is 17.0 Å². The van der Waals surface area contributed by atoms with Crippen molar-refractivity contribution in [3.8, 4) is 0 Å². The zero-order valence-electron chi connectivity index (χ0n) is 14.7.